The summed E-state index contributed by atoms with van der Waals surface area (Å²) >= 11 is 0. The lowest BCUT2D eigenvalue weighted by atomic mass is 10.1. The summed E-state index contributed by atoms with van der Waals surface area (Å²) in [7, 11) is 1.77. The number of rotatable bonds is 7. The van der Waals surface area contributed by atoms with E-state index in [9.17, 15) is 4.79 Å². The third kappa shape index (κ3) is 3.94. The fraction of sp³-hybridized carbons (Fsp3) is 0.500. The van der Waals surface area contributed by atoms with Crippen LogP contribution >= 0.6 is 0 Å². The Hall–Kier alpha value is -1.59. The van der Waals surface area contributed by atoms with Crippen molar-refractivity contribution in [3.05, 3.63) is 29.8 Å². The molecule has 5 nitrogen and oxygen atoms in total. The number of carbonyl (C=O) groups is 1. The molecule has 3 N–H and O–H groups in total. The Kier molecular flexibility index (Phi) is 4.76. The number of para-hydroxylation sites is 1. The molecule has 1 aliphatic carbocycles. The van der Waals surface area contributed by atoms with Crippen molar-refractivity contribution in [2.75, 3.05) is 32.2 Å². The average Bonchev–Trinajstić information content (AvgIpc) is 3.26. The summed E-state index contributed by atoms with van der Waals surface area (Å²) in [6, 6.07) is 7.21. The smallest absolute Gasteiger partial charge is 0.255 e. The van der Waals surface area contributed by atoms with Crippen LogP contribution in [0.25, 0.3) is 0 Å². The van der Waals surface area contributed by atoms with Gasteiger partial charge in [0.25, 0.3) is 5.91 Å². The molecule has 1 saturated carbocycles. The zero-order valence-electron chi connectivity index (χ0n) is 11.3. The highest BCUT2D eigenvalue weighted by atomic mass is 16.5. The molecule has 0 spiro atoms. The molecule has 5 heteroatoms. The maximum absolute atomic E-state index is 12.2. The minimum atomic E-state index is -0.0522. The van der Waals surface area contributed by atoms with Gasteiger partial charge in [0.15, 0.2) is 0 Å². The van der Waals surface area contributed by atoms with E-state index in [0.29, 0.717) is 24.4 Å². The van der Waals surface area contributed by atoms with Crippen LogP contribution < -0.4 is 11.3 Å². The second kappa shape index (κ2) is 6.54. The number of likely N-dealkylation sites (N-methyl/N-ethyl adjacent to an activating group) is 1. The number of benzene rings is 1. The van der Waals surface area contributed by atoms with E-state index in [4.69, 9.17) is 10.6 Å². The van der Waals surface area contributed by atoms with Gasteiger partial charge in [0.1, 0.15) is 0 Å². The lowest BCUT2D eigenvalue weighted by molar-refractivity contribution is 0.0682. The monoisotopic (exact) mass is 263 g/mol. The molecule has 0 unspecified atom stereocenters. The van der Waals surface area contributed by atoms with Crippen molar-refractivity contribution < 1.29 is 9.53 Å². The van der Waals surface area contributed by atoms with Gasteiger partial charge < -0.3 is 15.1 Å². The summed E-state index contributed by atoms with van der Waals surface area (Å²) < 4.78 is 5.54. The Morgan fingerprint density at radius 2 is 2.21 bits per heavy atom. The van der Waals surface area contributed by atoms with E-state index in [1.807, 2.05) is 12.1 Å². The van der Waals surface area contributed by atoms with E-state index in [2.05, 4.69) is 5.43 Å². The molecule has 0 radical (unpaired) electrons. The van der Waals surface area contributed by atoms with Gasteiger partial charge in [0.2, 0.25) is 0 Å². The average molecular weight is 263 g/mol. The number of nitrogens with one attached hydrogen (secondary N) is 1. The highest BCUT2D eigenvalue weighted by molar-refractivity contribution is 5.99. The summed E-state index contributed by atoms with van der Waals surface area (Å²) in [4.78, 5) is 13.9. The van der Waals surface area contributed by atoms with Crippen LogP contribution in [-0.4, -0.2) is 37.6 Å². The number of hydrogen-bond acceptors (Lipinski definition) is 4. The van der Waals surface area contributed by atoms with Crippen molar-refractivity contribution in [2.45, 2.75) is 12.8 Å². The highest BCUT2D eigenvalue weighted by Gasteiger charge is 2.21. The molecule has 0 saturated heterocycles. The first-order valence-electron chi connectivity index (χ1n) is 6.61. The number of nitrogen functional groups attached to an aromatic ring is 1. The SMILES string of the molecule is CN(CCOCC1CC1)C(=O)c1ccccc1NN. The molecule has 0 heterocycles. The first-order chi connectivity index (χ1) is 9.22. The van der Waals surface area contributed by atoms with E-state index in [-0.39, 0.29) is 5.91 Å². The second-order valence-corrected chi connectivity index (χ2v) is 4.93. The number of hydrazine groups is 1. The van der Waals surface area contributed by atoms with E-state index in [1.54, 1.807) is 24.1 Å². The Morgan fingerprint density at radius 3 is 2.89 bits per heavy atom. The highest BCUT2D eigenvalue weighted by Crippen LogP contribution is 2.28. The fourth-order valence-corrected chi connectivity index (χ4v) is 1.84. The molecule has 1 fully saturated rings. The maximum Gasteiger partial charge on any atom is 0.255 e. The molecular weight excluding hydrogens is 242 g/mol. The van der Waals surface area contributed by atoms with E-state index >= 15 is 0 Å². The van der Waals surface area contributed by atoms with E-state index in [0.717, 1.165) is 12.5 Å². The van der Waals surface area contributed by atoms with Gasteiger partial charge in [-0.3, -0.25) is 10.6 Å². The summed E-state index contributed by atoms with van der Waals surface area (Å²) in [5.41, 5.74) is 3.76. The molecule has 0 aromatic heterocycles. The van der Waals surface area contributed by atoms with Crippen LogP contribution in [0.15, 0.2) is 24.3 Å². The van der Waals surface area contributed by atoms with Gasteiger partial charge in [-0.1, -0.05) is 12.1 Å². The van der Waals surface area contributed by atoms with Gasteiger partial charge >= 0.3 is 0 Å². The quantitative estimate of drug-likeness (QED) is 0.444. The number of ether oxygens (including phenoxy) is 1. The molecule has 104 valence electrons. The summed E-state index contributed by atoms with van der Waals surface area (Å²) in [6.45, 7) is 1.99. The van der Waals surface area contributed by atoms with Crippen LogP contribution in [0.3, 0.4) is 0 Å². The predicted octanol–water partition coefficient (Wildman–Crippen LogP) is 1.47. The van der Waals surface area contributed by atoms with E-state index in [1.165, 1.54) is 12.8 Å². The predicted molar refractivity (Wildman–Crippen MR) is 74.8 cm³/mol. The van der Waals surface area contributed by atoms with Crippen molar-refractivity contribution >= 4 is 11.6 Å². The van der Waals surface area contributed by atoms with Crippen molar-refractivity contribution in [1.82, 2.24) is 4.90 Å². The molecule has 0 atom stereocenters. The number of carbonyl (C=O) groups excluding carboxylic acids is 1. The zero-order chi connectivity index (χ0) is 13.7. The van der Waals surface area contributed by atoms with Crippen molar-refractivity contribution in [3.8, 4) is 0 Å². The molecule has 1 aromatic rings. The summed E-state index contributed by atoms with van der Waals surface area (Å²) in [5.74, 6) is 6.11. The maximum atomic E-state index is 12.2. The minimum Gasteiger partial charge on any atom is -0.379 e. The molecule has 1 aromatic carbocycles. The molecule has 0 aliphatic heterocycles. The van der Waals surface area contributed by atoms with Gasteiger partial charge in [-0.05, 0) is 30.9 Å². The largest absolute Gasteiger partial charge is 0.379 e. The number of hydrogen-bond donors (Lipinski definition) is 2. The van der Waals surface area contributed by atoms with Crippen LogP contribution in [0.1, 0.15) is 23.2 Å². The first kappa shape index (κ1) is 13.8. The van der Waals surface area contributed by atoms with Gasteiger partial charge in [-0.15, -0.1) is 0 Å². The number of nitrogens with two attached hydrogens (primary N) is 1. The van der Waals surface area contributed by atoms with Crippen molar-refractivity contribution in [3.63, 3.8) is 0 Å². The summed E-state index contributed by atoms with van der Waals surface area (Å²) in [5, 5.41) is 0. The normalized spacial score (nSPS) is 14.2. The number of anilines is 1. The zero-order valence-corrected chi connectivity index (χ0v) is 11.3. The Morgan fingerprint density at radius 1 is 1.47 bits per heavy atom. The lowest BCUT2D eigenvalue weighted by Crippen LogP contribution is -2.31. The topological polar surface area (TPSA) is 67.6 Å². The standard InChI is InChI=1S/C14H21N3O2/c1-17(8-9-19-10-11-6-7-11)14(18)12-4-2-3-5-13(12)16-15/h2-5,11,16H,6-10,15H2,1H3. The second-order valence-electron chi connectivity index (χ2n) is 4.93. The van der Waals surface area contributed by atoms with Crippen LogP contribution in [0.2, 0.25) is 0 Å². The number of amides is 1. The van der Waals surface area contributed by atoms with Crippen LogP contribution in [0, 0.1) is 5.92 Å². The molecule has 2 rings (SSSR count). The minimum absolute atomic E-state index is 0.0522. The van der Waals surface area contributed by atoms with E-state index < -0.39 is 0 Å². The number of nitrogens with zero attached hydrogens (tertiary/aromatic N) is 1. The van der Waals surface area contributed by atoms with Crippen molar-refractivity contribution in [2.24, 2.45) is 11.8 Å². The van der Waals surface area contributed by atoms with Crippen LogP contribution in [-0.2, 0) is 4.74 Å². The van der Waals surface area contributed by atoms with Gasteiger partial charge in [-0.25, -0.2) is 0 Å². The van der Waals surface area contributed by atoms with Crippen LogP contribution in [0.4, 0.5) is 5.69 Å². The first-order valence-corrected chi connectivity index (χ1v) is 6.61. The summed E-state index contributed by atoms with van der Waals surface area (Å²) in [6.07, 6.45) is 2.56. The van der Waals surface area contributed by atoms with Crippen molar-refractivity contribution in [1.29, 1.82) is 0 Å². The Balaban J connectivity index is 1.82. The van der Waals surface area contributed by atoms with Gasteiger partial charge in [0, 0.05) is 20.2 Å². The Bertz CT molecular complexity index is 432. The molecule has 1 aliphatic rings. The fourth-order valence-electron chi connectivity index (χ4n) is 1.84. The third-order valence-corrected chi connectivity index (χ3v) is 3.28. The lowest BCUT2D eigenvalue weighted by Gasteiger charge is -2.18. The molecular formula is C14H21N3O2. The van der Waals surface area contributed by atoms with Crippen LogP contribution in [0.5, 0.6) is 0 Å². The molecule has 19 heavy (non-hydrogen) atoms. The van der Waals surface area contributed by atoms with Gasteiger partial charge in [0.05, 0.1) is 17.9 Å². The van der Waals surface area contributed by atoms with Gasteiger partial charge in [-0.2, -0.15) is 0 Å². The molecule has 1 amide bonds. The Labute approximate surface area is 113 Å². The molecule has 0 bridgehead atoms. The third-order valence-electron chi connectivity index (χ3n) is 3.28.